The number of hydrogen-bond donors (Lipinski definition) is 0. The summed E-state index contributed by atoms with van der Waals surface area (Å²) in [5.74, 6) is 0.110. The molecule has 0 radical (unpaired) electrons. The molecule has 2 aromatic carbocycles. The second-order valence-electron chi connectivity index (χ2n) is 4.85. The summed E-state index contributed by atoms with van der Waals surface area (Å²) in [6, 6.07) is 13.0. The molecule has 2 aromatic rings. The van der Waals surface area contributed by atoms with Crippen LogP contribution in [0.4, 0.5) is 0 Å². The van der Waals surface area contributed by atoms with Crippen molar-refractivity contribution in [2.24, 2.45) is 0 Å². The lowest BCUT2D eigenvalue weighted by atomic mass is 9.81. The number of benzene rings is 2. The lowest BCUT2D eigenvalue weighted by Crippen LogP contribution is -2.41. The van der Waals surface area contributed by atoms with Crippen molar-refractivity contribution in [3.05, 3.63) is 69.6 Å². The topological polar surface area (TPSA) is 34.1 Å². The highest BCUT2D eigenvalue weighted by Crippen LogP contribution is 2.25. The number of carbonyl (C=O) groups excluding carboxylic acids is 2. The van der Waals surface area contributed by atoms with Crippen LogP contribution in [-0.2, 0) is 4.79 Å². The van der Waals surface area contributed by atoms with Gasteiger partial charge in [-0.2, -0.15) is 0 Å². The van der Waals surface area contributed by atoms with Crippen molar-refractivity contribution in [1.29, 1.82) is 0 Å². The van der Waals surface area contributed by atoms with Crippen molar-refractivity contribution in [2.75, 3.05) is 0 Å². The van der Waals surface area contributed by atoms with E-state index in [-0.39, 0.29) is 11.6 Å². The number of hydrogen-bond acceptors (Lipinski definition) is 2. The summed E-state index contributed by atoms with van der Waals surface area (Å²) in [4.78, 5) is 24.8. The SMILES string of the molecule is O=C1CC=c2cccc3c2=C1c1ccccc1C3=O. The molecule has 0 unspecified atom stereocenters. The van der Waals surface area contributed by atoms with Crippen LogP contribution >= 0.6 is 0 Å². The van der Waals surface area contributed by atoms with Crippen molar-refractivity contribution in [1.82, 2.24) is 0 Å². The van der Waals surface area contributed by atoms with Gasteiger partial charge in [0.1, 0.15) is 0 Å². The Hall–Kier alpha value is -2.48. The van der Waals surface area contributed by atoms with Gasteiger partial charge in [0.05, 0.1) is 0 Å². The van der Waals surface area contributed by atoms with Crippen molar-refractivity contribution in [3.63, 3.8) is 0 Å². The van der Waals surface area contributed by atoms with Gasteiger partial charge in [-0.1, -0.05) is 48.5 Å². The van der Waals surface area contributed by atoms with Gasteiger partial charge in [0.25, 0.3) is 0 Å². The van der Waals surface area contributed by atoms with E-state index in [4.69, 9.17) is 0 Å². The zero-order chi connectivity index (χ0) is 13.0. The fourth-order valence-electron chi connectivity index (χ4n) is 2.98. The predicted octanol–water partition coefficient (Wildman–Crippen LogP) is 1.18. The van der Waals surface area contributed by atoms with Crippen LogP contribution < -0.4 is 10.4 Å². The highest BCUT2D eigenvalue weighted by molar-refractivity contribution is 6.29. The van der Waals surface area contributed by atoms with Crippen LogP contribution in [0.25, 0.3) is 11.6 Å². The van der Waals surface area contributed by atoms with Gasteiger partial charge in [-0.25, -0.2) is 0 Å². The molecular formula is C17H10O2. The molecule has 4 rings (SSSR count). The Bertz CT molecular complexity index is 872. The first-order valence-electron chi connectivity index (χ1n) is 6.28. The molecule has 0 amide bonds. The molecule has 0 saturated heterocycles. The van der Waals surface area contributed by atoms with Crippen LogP contribution in [0.15, 0.2) is 42.5 Å². The van der Waals surface area contributed by atoms with Crippen molar-refractivity contribution < 1.29 is 9.59 Å². The maximum atomic E-state index is 12.5. The van der Waals surface area contributed by atoms with Crippen LogP contribution in [-0.4, -0.2) is 11.6 Å². The third-order valence-electron chi connectivity index (χ3n) is 3.82. The number of fused-ring (bicyclic) bond motifs is 2. The van der Waals surface area contributed by atoms with Gasteiger partial charge in [-0.05, 0) is 10.8 Å². The summed E-state index contributed by atoms with van der Waals surface area (Å²) in [6.07, 6.45) is 2.32. The largest absolute Gasteiger partial charge is 0.294 e. The van der Waals surface area contributed by atoms with E-state index >= 15 is 0 Å². The molecule has 2 aliphatic carbocycles. The molecule has 0 spiro atoms. The summed E-state index contributed by atoms with van der Waals surface area (Å²) in [5.41, 5.74) is 2.78. The Morgan fingerprint density at radius 2 is 1.53 bits per heavy atom. The van der Waals surface area contributed by atoms with E-state index in [1.165, 1.54) is 0 Å². The standard InChI is InChI=1S/C17H10O2/c18-14-9-8-10-4-3-7-13-15(10)16(14)11-5-1-2-6-12(11)17(13)19/h1-8H,9H2. The van der Waals surface area contributed by atoms with Crippen molar-refractivity contribution in [3.8, 4) is 0 Å². The Morgan fingerprint density at radius 3 is 2.37 bits per heavy atom. The highest BCUT2D eigenvalue weighted by Gasteiger charge is 2.28. The lowest BCUT2D eigenvalue weighted by Gasteiger charge is -2.20. The van der Waals surface area contributed by atoms with E-state index in [9.17, 15) is 9.59 Å². The van der Waals surface area contributed by atoms with Crippen molar-refractivity contribution in [2.45, 2.75) is 6.42 Å². The third kappa shape index (κ3) is 1.26. The Balaban J connectivity index is 2.33. The van der Waals surface area contributed by atoms with Crippen LogP contribution in [0.2, 0.25) is 0 Å². The van der Waals surface area contributed by atoms with Gasteiger partial charge in [0, 0.05) is 28.3 Å². The Labute approximate surface area is 109 Å². The van der Waals surface area contributed by atoms with Gasteiger partial charge in [0.2, 0.25) is 0 Å². The molecule has 2 aliphatic rings. The van der Waals surface area contributed by atoms with Gasteiger partial charge in [-0.15, -0.1) is 0 Å². The van der Waals surface area contributed by atoms with Crippen LogP contribution in [0.5, 0.6) is 0 Å². The maximum absolute atomic E-state index is 12.5. The third-order valence-corrected chi connectivity index (χ3v) is 3.82. The molecule has 0 aliphatic heterocycles. The molecule has 0 aromatic heterocycles. The second kappa shape index (κ2) is 3.51. The Morgan fingerprint density at radius 1 is 0.789 bits per heavy atom. The maximum Gasteiger partial charge on any atom is 0.194 e. The molecule has 2 nitrogen and oxygen atoms in total. The predicted molar refractivity (Wildman–Crippen MR) is 72.2 cm³/mol. The molecule has 0 fully saturated rings. The van der Waals surface area contributed by atoms with E-state index in [2.05, 4.69) is 0 Å². The highest BCUT2D eigenvalue weighted by atomic mass is 16.1. The normalized spacial score (nSPS) is 15.7. The second-order valence-corrected chi connectivity index (χ2v) is 4.85. The first-order valence-corrected chi connectivity index (χ1v) is 6.28. The summed E-state index contributed by atoms with van der Waals surface area (Å²) >= 11 is 0. The molecule has 0 atom stereocenters. The minimum absolute atomic E-state index is 0.0132. The smallest absolute Gasteiger partial charge is 0.194 e. The van der Waals surface area contributed by atoms with Crippen LogP contribution in [0, 0.1) is 0 Å². The van der Waals surface area contributed by atoms with E-state index in [1.807, 2.05) is 42.5 Å². The van der Waals surface area contributed by atoms with E-state index in [0.717, 1.165) is 16.0 Å². The molecular weight excluding hydrogens is 236 g/mol. The number of Topliss-reactive ketones (excluding diaryl/α,β-unsaturated/α-hetero) is 1. The first-order chi connectivity index (χ1) is 9.27. The zero-order valence-corrected chi connectivity index (χ0v) is 10.1. The summed E-state index contributed by atoms with van der Waals surface area (Å²) in [6.45, 7) is 0. The van der Waals surface area contributed by atoms with Crippen molar-refractivity contribution >= 4 is 23.2 Å². The monoisotopic (exact) mass is 246 g/mol. The lowest BCUT2D eigenvalue weighted by molar-refractivity contribution is -0.112. The number of rotatable bonds is 0. The summed E-state index contributed by atoms with van der Waals surface area (Å²) in [7, 11) is 0. The fraction of sp³-hybridized carbons (Fsp3) is 0.0588. The first kappa shape index (κ1) is 10.4. The van der Waals surface area contributed by atoms with E-state index in [1.54, 1.807) is 6.07 Å². The van der Waals surface area contributed by atoms with Gasteiger partial charge >= 0.3 is 0 Å². The van der Waals surface area contributed by atoms with Gasteiger partial charge < -0.3 is 0 Å². The van der Waals surface area contributed by atoms with E-state index < -0.39 is 0 Å². The molecule has 0 heterocycles. The average Bonchev–Trinajstić information content (AvgIpc) is 2.45. The van der Waals surface area contributed by atoms with Gasteiger partial charge in [-0.3, -0.25) is 9.59 Å². The fourth-order valence-corrected chi connectivity index (χ4v) is 2.98. The molecule has 0 bridgehead atoms. The summed E-state index contributed by atoms with van der Waals surface area (Å²) in [5, 5.41) is 1.82. The quantitative estimate of drug-likeness (QED) is 0.699. The Kier molecular flexibility index (Phi) is 1.93. The molecule has 0 N–H and O–H groups in total. The number of ketones is 2. The zero-order valence-electron chi connectivity index (χ0n) is 10.1. The molecule has 2 heteroatoms. The molecule has 90 valence electrons. The van der Waals surface area contributed by atoms with Gasteiger partial charge in [0.15, 0.2) is 11.6 Å². The minimum atomic E-state index is 0.0132. The molecule has 0 saturated carbocycles. The number of carbonyl (C=O) groups is 2. The summed E-state index contributed by atoms with van der Waals surface area (Å²) < 4.78 is 0. The van der Waals surface area contributed by atoms with Crippen LogP contribution in [0.1, 0.15) is 27.9 Å². The minimum Gasteiger partial charge on any atom is -0.294 e. The van der Waals surface area contributed by atoms with E-state index in [0.29, 0.717) is 23.1 Å². The van der Waals surface area contributed by atoms with Crippen LogP contribution in [0.3, 0.4) is 0 Å². The molecule has 19 heavy (non-hydrogen) atoms. The average molecular weight is 246 g/mol.